The number of carbonyl (C=O) groups is 2. The number of benzene rings is 2. The Morgan fingerprint density at radius 1 is 1.11 bits per heavy atom. The molecule has 0 unspecified atom stereocenters. The number of rotatable bonds is 8. The van der Waals surface area contributed by atoms with E-state index in [4.69, 9.17) is 0 Å². The number of hydrogen-bond acceptors (Lipinski definition) is 5. The number of fused-ring (bicyclic) bond motifs is 1. The van der Waals surface area contributed by atoms with Gasteiger partial charge in [-0.1, -0.05) is 30.3 Å². The number of nitrogens with zero attached hydrogens (tertiary/aromatic N) is 1. The molecule has 148 valence electrons. The third-order valence-corrected chi connectivity index (χ3v) is 7.09. The lowest BCUT2D eigenvalue weighted by atomic mass is 10.2. The van der Waals surface area contributed by atoms with Crippen molar-refractivity contribution in [3.05, 3.63) is 65.5 Å². The second kappa shape index (κ2) is 8.74. The predicted octanol–water partition coefficient (Wildman–Crippen LogP) is 2.41. The number of nitrogens with one attached hydrogen (secondary N) is 1. The molecule has 1 N–H and O–H groups in total. The lowest BCUT2D eigenvalue weighted by molar-refractivity contribution is -0.120. The Kier molecular flexibility index (Phi) is 6.35. The minimum absolute atomic E-state index is 0.0232. The highest BCUT2D eigenvalue weighted by molar-refractivity contribution is 7.98. The highest BCUT2D eigenvalue weighted by atomic mass is 32.2. The van der Waals surface area contributed by atoms with Gasteiger partial charge in [-0.2, -0.15) is 11.8 Å². The summed E-state index contributed by atoms with van der Waals surface area (Å²) >= 11 is 1.48. The molecule has 0 saturated carbocycles. The molecule has 1 aliphatic rings. The van der Waals surface area contributed by atoms with Crippen LogP contribution in [0.4, 0.5) is 4.39 Å². The molecule has 0 bridgehead atoms. The van der Waals surface area contributed by atoms with Crippen LogP contribution in [0.25, 0.3) is 0 Å². The Bertz CT molecular complexity index is 995. The van der Waals surface area contributed by atoms with Crippen molar-refractivity contribution in [2.45, 2.75) is 17.1 Å². The van der Waals surface area contributed by atoms with Gasteiger partial charge in [0.05, 0.1) is 5.56 Å². The first-order chi connectivity index (χ1) is 13.4. The zero-order valence-corrected chi connectivity index (χ0v) is 16.6. The third-order valence-electron chi connectivity index (χ3n) is 4.24. The summed E-state index contributed by atoms with van der Waals surface area (Å²) in [6.07, 6.45) is -0.114. The SMILES string of the molecule is O=C(CCN1C(=O)c2ccccc2S1(=O)=O)NCCSCc1ccccc1F. The predicted molar refractivity (Wildman–Crippen MR) is 105 cm³/mol. The summed E-state index contributed by atoms with van der Waals surface area (Å²) in [5.74, 6) is -0.112. The molecule has 0 aliphatic carbocycles. The number of amides is 2. The molecular weight excluding hydrogens is 403 g/mol. The maximum absolute atomic E-state index is 13.5. The van der Waals surface area contributed by atoms with Crippen LogP contribution in [0.2, 0.25) is 0 Å². The van der Waals surface area contributed by atoms with E-state index in [2.05, 4.69) is 5.32 Å². The summed E-state index contributed by atoms with van der Waals surface area (Å²) in [5, 5.41) is 2.68. The summed E-state index contributed by atoms with van der Waals surface area (Å²) in [6, 6.07) is 12.5. The van der Waals surface area contributed by atoms with Crippen molar-refractivity contribution in [1.29, 1.82) is 0 Å². The molecule has 0 fully saturated rings. The van der Waals surface area contributed by atoms with Gasteiger partial charge in [0, 0.05) is 31.0 Å². The van der Waals surface area contributed by atoms with E-state index in [1.165, 1.54) is 30.0 Å². The first-order valence-electron chi connectivity index (χ1n) is 8.65. The van der Waals surface area contributed by atoms with E-state index < -0.39 is 15.9 Å². The largest absolute Gasteiger partial charge is 0.355 e. The van der Waals surface area contributed by atoms with E-state index in [-0.39, 0.29) is 35.1 Å². The Labute approximate surface area is 167 Å². The molecule has 1 aliphatic heterocycles. The van der Waals surface area contributed by atoms with Gasteiger partial charge in [-0.15, -0.1) is 0 Å². The normalized spacial score (nSPS) is 14.8. The fraction of sp³-hybridized carbons (Fsp3) is 0.263. The molecular formula is C19H19FN2O4S2. The van der Waals surface area contributed by atoms with Crippen LogP contribution in [0.5, 0.6) is 0 Å². The lowest BCUT2D eigenvalue weighted by Gasteiger charge is -2.14. The number of hydrogen-bond donors (Lipinski definition) is 1. The maximum Gasteiger partial charge on any atom is 0.269 e. The van der Waals surface area contributed by atoms with Gasteiger partial charge in [0.25, 0.3) is 15.9 Å². The molecule has 0 radical (unpaired) electrons. The van der Waals surface area contributed by atoms with Gasteiger partial charge in [-0.3, -0.25) is 9.59 Å². The molecule has 6 nitrogen and oxygen atoms in total. The van der Waals surface area contributed by atoms with Crippen LogP contribution in [0, 0.1) is 5.82 Å². The number of sulfonamides is 1. The van der Waals surface area contributed by atoms with Gasteiger partial charge in [0.2, 0.25) is 5.91 Å². The van der Waals surface area contributed by atoms with Crippen molar-refractivity contribution in [2.75, 3.05) is 18.8 Å². The van der Waals surface area contributed by atoms with E-state index >= 15 is 0 Å². The standard InChI is InChI=1S/C19H19FN2O4S2/c20-16-7-3-1-5-14(16)13-27-12-10-21-18(23)9-11-22-19(24)15-6-2-4-8-17(15)28(22,25)26/h1-8H,9-13H2,(H,21,23). The van der Waals surface area contributed by atoms with Crippen molar-refractivity contribution in [1.82, 2.24) is 9.62 Å². The van der Waals surface area contributed by atoms with Crippen molar-refractivity contribution in [2.24, 2.45) is 0 Å². The van der Waals surface area contributed by atoms with Crippen molar-refractivity contribution >= 4 is 33.6 Å². The van der Waals surface area contributed by atoms with Crippen LogP contribution in [0.3, 0.4) is 0 Å². The number of thioether (sulfide) groups is 1. The summed E-state index contributed by atoms with van der Waals surface area (Å²) in [4.78, 5) is 24.2. The Morgan fingerprint density at radius 2 is 1.82 bits per heavy atom. The summed E-state index contributed by atoms with van der Waals surface area (Å²) in [5.41, 5.74) is 0.739. The van der Waals surface area contributed by atoms with Crippen LogP contribution in [0.15, 0.2) is 53.4 Å². The van der Waals surface area contributed by atoms with E-state index in [0.29, 0.717) is 23.6 Å². The van der Waals surface area contributed by atoms with Gasteiger partial charge in [0.1, 0.15) is 10.7 Å². The molecule has 9 heteroatoms. The second-order valence-electron chi connectivity index (χ2n) is 6.12. The van der Waals surface area contributed by atoms with Crippen LogP contribution >= 0.6 is 11.8 Å². The summed E-state index contributed by atoms with van der Waals surface area (Å²) in [6.45, 7) is 0.170. The average Bonchev–Trinajstić information content (AvgIpc) is 2.87. The third kappa shape index (κ3) is 4.36. The molecule has 0 spiro atoms. The molecule has 3 rings (SSSR count). The van der Waals surface area contributed by atoms with Crippen LogP contribution in [0.1, 0.15) is 22.3 Å². The Morgan fingerprint density at radius 3 is 2.57 bits per heavy atom. The summed E-state index contributed by atoms with van der Waals surface area (Å²) < 4.78 is 39.1. The molecule has 0 aromatic heterocycles. The Balaban J connectivity index is 1.42. The fourth-order valence-corrected chi connectivity index (χ4v) is 5.22. The van der Waals surface area contributed by atoms with E-state index in [1.54, 1.807) is 30.3 Å². The number of carbonyl (C=O) groups excluding carboxylic acids is 2. The van der Waals surface area contributed by atoms with Crippen LogP contribution < -0.4 is 5.32 Å². The topological polar surface area (TPSA) is 83.6 Å². The van der Waals surface area contributed by atoms with Crippen molar-refractivity contribution in [3.63, 3.8) is 0 Å². The molecule has 0 saturated heterocycles. The molecule has 0 atom stereocenters. The smallest absolute Gasteiger partial charge is 0.269 e. The van der Waals surface area contributed by atoms with Crippen LogP contribution in [-0.2, 0) is 20.6 Å². The molecule has 2 aromatic carbocycles. The second-order valence-corrected chi connectivity index (χ2v) is 9.06. The quantitative estimate of drug-likeness (QED) is 0.661. The van der Waals surface area contributed by atoms with Crippen molar-refractivity contribution in [3.8, 4) is 0 Å². The zero-order chi connectivity index (χ0) is 20.1. The highest BCUT2D eigenvalue weighted by Crippen LogP contribution is 2.29. The van der Waals surface area contributed by atoms with Gasteiger partial charge in [0.15, 0.2) is 0 Å². The number of halogens is 1. The first kappa shape index (κ1) is 20.3. The van der Waals surface area contributed by atoms with Gasteiger partial charge in [-0.25, -0.2) is 17.1 Å². The first-order valence-corrected chi connectivity index (χ1v) is 11.2. The van der Waals surface area contributed by atoms with Gasteiger partial charge >= 0.3 is 0 Å². The minimum atomic E-state index is -3.89. The van der Waals surface area contributed by atoms with Crippen LogP contribution in [-0.4, -0.2) is 43.4 Å². The molecule has 1 heterocycles. The minimum Gasteiger partial charge on any atom is -0.355 e. The Hall–Kier alpha value is -2.39. The van der Waals surface area contributed by atoms with Gasteiger partial charge < -0.3 is 5.32 Å². The zero-order valence-electron chi connectivity index (χ0n) is 14.9. The monoisotopic (exact) mass is 422 g/mol. The lowest BCUT2D eigenvalue weighted by Crippen LogP contribution is -2.35. The summed E-state index contributed by atoms with van der Waals surface area (Å²) in [7, 11) is -3.89. The molecule has 2 aromatic rings. The average molecular weight is 423 g/mol. The van der Waals surface area contributed by atoms with E-state index in [1.807, 2.05) is 0 Å². The molecule has 2 amide bonds. The van der Waals surface area contributed by atoms with Crippen molar-refractivity contribution < 1.29 is 22.4 Å². The van der Waals surface area contributed by atoms with E-state index in [9.17, 15) is 22.4 Å². The highest BCUT2D eigenvalue weighted by Gasteiger charge is 2.40. The fourth-order valence-electron chi connectivity index (χ4n) is 2.80. The maximum atomic E-state index is 13.5. The van der Waals surface area contributed by atoms with Gasteiger partial charge in [-0.05, 0) is 23.8 Å². The molecule has 28 heavy (non-hydrogen) atoms. The van der Waals surface area contributed by atoms with E-state index in [0.717, 1.165) is 4.31 Å².